The summed E-state index contributed by atoms with van der Waals surface area (Å²) < 4.78 is 64.8. The lowest BCUT2D eigenvalue weighted by Gasteiger charge is -2.24. The first-order chi connectivity index (χ1) is 13.1. The molecule has 1 saturated heterocycles. The van der Waals surface area contributed by atoms with Crippen molar-refractivity contribution in [2.75, 3.05) is 37.3 Å². The van der Waals surface area contributed by atoms with Gasteiger partial charge in [-0.2, -0.15) is 4.31 Å². The van der Waals surface area contributed by atoms with Gasteiger partial charge in [0, 0.05) is 32.4 Å². The molecule has 1 heterocycles. The Morgan fingerprint density at radius 2 is 1.68 bits per heavy atom. The number of hydrogen-bond acceptors (Lipinski definition) is 5. The Balaban J connectivity index is 1.82. The van der Waals surface area contributed by atoms with Gasteiger partial charge in [0.05, 0.1) is 15.6 Å². The van der Waals surface area contributed by atoms with Crippen LogP contribution >= 0.6 is 11.6 Å². The maximum absolute atomic E-state index is 14.5. The average molecular weight is 447 g/mol. The van der Waals surface area contributed by atoms with Gasteiger partial charge in [0.25, 0.3) is 0 Å². The molecule has 0 aromatic heterocycles. The second-order valence-electron chi connectivity index (χ2n) is 6.56. The summed E-state index contributed by atoms with van der Waals surface area (Å²) >= 11 is 6.05. The van der Waals surface area contributed by atoms with Gasteiger partial charge in [0.2, 0.25) is 10.0 Å². The van der Waals surface area contributed by atoms with E-state index in [1.807, 2.05) is 0 Å². The number of benzene rings is 2. The Morgan fingerprint density at radius 3 is 2.32 bits per heavy atom. The maximum Gasteiger partial charge on any atom is 0.244 e. The summed E-state index contributed by atoms with van der Waals surface area (Å²) in [7, 11) is -7.26. The van der Waals surface area contributed by atoms with Crippen molar-refractivity contribution in [3.05, 3.63) is 53.3 Å². The first-order valence-electron chi connectivity index (χ1n) is 8.60. The van der Waals surface area contributed by atoms with Gasteiger partial charge in [-0.15, -0.1) is 0 Å². The molecule has 1 aliphatic heterocycles. The van der Waals surface area contributed by atoms with Crippen molar-refractivity contribution in [3.8, 4) is 0 Å². The van der Waals surface area contributed by atoms with Crippen LogP contribution in [0.3, 0.4) is 0 Å². The molecule has 6 nitrogen and oxygen atoms in total. The number of rotatable bonds is 4. The minimum Gasteiger partial charge on any atom is -0.368 e. The Bertz CT molecular complexity index is 1090. The van der Waals surface area contributed by atoms with E-state index in [-0.39, 0.29) is 40.1 Å². The highest BCUT2D eigenvalue weighted by Gasteiger charge is 2.29. The van der Waals surface area contributed by atoms with Crippen molar-refractivity contribution in [1.82, 2.24) is 4.31 Å². The molecule has 28 heavy (non-hydrogen) atoms. The molecule has 2 aromatic rings. The molecule has 1 fully saturated rings. The van der Waals surface area contributed by atoms with Gasteiger partial charge in [-0.3, -0.25) is 0 Å². The molecular formula is C18H20ClFN2O4S2. The first kappa shape index (κ1) is 21.0. The highest BCUT2D eigenvalue weighted by atomic mass is 35.5. The molecule has 0 bridgehead atoms. The topological polar surface area (TPSA) is 74.8 Å². The van der Waals surface area contributed by atoms with Crippen molar-refractivity contribution >= 4 is 37.1 Å². The van der Waals surface area contributed by atoms with Crippen molar-refractivity contribution in [2.24, 2.45) is 0 Å². The summed E-state index contributed by atoms with van der Waals surface area (Å²) in [5, 5.41) is 0.158. The van der Waals surface area contributed by atoms with E-state index in [0.29, 0.717) is 13.0 Å². The summed E-state index contributed by atoms with van der Waals surface area (Å²) in [5.41, 5.74) is 0.254. The minimum absolute atomic E-state index is 0.0498. The number of nitrogens with zero attached hydrogens (tertiary/aromatic N) is 2. The molecule has 0 radical (unpaired) electrons. The molecule has 3 rings (SSSR count). The van der Waals surface area contributed by atoms with Crippen LogP contribution in [-0.4, -0.2) is 53.6 Å². The zero-order valence-corrected chi connectivity index (χ0v) is 17.6. The second-order valence-corrected chi connectivity index (χ2v) is 10.9. The minimum atomic E-state index is -3.76. The van der Waals surface area contributed by atoms with E-state index in [9.17, 15) is 21.2 Å². The molecule has 152 valence electrons. The van der Waals surface area contributed by atoms with E-state index in [1.165, 1.54) is 28.6 Å². The summed E-state index contributed by atoms with van der Waals surface area (Å²) in [4.78, 5) is 1.68. The summed E-state index contributed by atoms with van der Waals surface area (Å²) in [6, 6.07) is 10.0. The fourth-order valence-corrected chi connectivity index (χ4v) is 5.74. The zero-order chi connectivity index (χ0) is 20.5. The standard InChI is InChI=1S/C18H20ClFN2O4S2/c1-27(23,24)14-7-8-17(16(20)13-14)21-9-4-10-22(12-11-21)28(25,26)18-6-3-2-5-15(18)19/h2-3,5-8,13H,4,9-12H2,1H3. The first-order valence-corrected chi connectivity index (χ1v) is 12.3. The summed E-state index contributed by atoms with van der Waals surface area (Å²) in [6.45, 7) is 1.18. The third-order valence-corrected chi connectivity index (χ3v) is 8.11. The highest BCUT2D eigenvalue weighted by molar-refractivity contribution is 7.90. The van der Waals surface area contributed by atoms with Gasteiger partial charge < -0.3 is 4.90 Å². The van der Waals surface area contributed by atoms with Crippen LogP contribution in [-0.2, 0) is 19.9 Å². The number of halogens is 2. The summed E-state index contributed by atoms with van der Waals surface area (Å²) in [5.74, 6) is -0.648. The van der Waals surface area contributed by atoms with Crippen LogP contribution in [0.25, 0.3) is 0 Å². The van der Waals surface area contributed by atoms with Crippen molar-refractivity contribution in [1.29, 1.82) is 0 Å². The van der Waals surface area contributed by atoms with Crippen molar-refractivity contribution in [3.63, 3.8) is 0 Å². The number of anilines is 1. The molecule has 0 N–H and O–H groups in total. The van der Waals surface area contributed by atoms with Crippen LogP contribution in [0.5, 0.6) is 0 Å². The lowest BCUT2D eigenvalue weighted by molar-refractivity contribution is 0.433. The molecule has 0 saturated carbocycles. The largest absolute Gasteiger partial charge is 0.368 e. The number of sulfonamides is 1. The highest BCUT2D eigenvalue weighted by Crippen LogP contribution is 2.27. The Hall–Kier alpha value is -1.68. The van der Waals surface area contributed by atoms with Gasteiger partial charge in [-0.05, 0) is 36.8 Å². The SMILES string of the molecule is CS(=O)(=O)c1ccc(N2CCCN(S(=O)(=O)c3ccccc3Cl)CC2)c(F)c1. The van der Waals surface area contributed by atoms with Crippen LogP contribution in [0.15, 0.2) is 52.3 Å². The van der Waals surface area contributed by atoms with Crippen LogP contribution in [0.1, 0.15) is 6.42 Å². The fraction of sp³-hybridized carbons (Fsp3) is 0.333. The van der Waals surface area contributed by atoms with Crippen LogP contribution < -0.4 is 4.90 Å². The number of hydrogen-bond donors (Lipinski definition) is 0. The number of sulfone groups is 1. The molecule has 1 aliphatic rings. The second kappa shape index (κ2) is 7.98. The van der Waals surface area contributed by atoms with Crippen LogP contribution in [0.2, 0.25) is 5.02 Å². The molecule has 0 spiro atoms. The molecule has 0 atom stereocenters. The fourth-order valence-electron chi connectivity index (χ4n) is 3.14. The molecule has 10 heteroatoms. The van der Waals surface area contributed by atoms with Crippen LogP contribution in [0, 0.1) is 5.82 Å². The van der Waals surface area contributed by atoms with E-state index in [4.69, 9.17) is 11.6 Å². The van der Waals surface area contributed by atoms with Gasteiger partial charge in [-0.25, -0.2) is 21.2 Å². The van der Waals surface area contributed by atoms with Gasteiger partial charge >= 0.3 is 0 Å². The third-order valence-electron chi connectivity index (χ3n) is 4.60. The lowest BCUT2D eigenvalue weighted by Crippen LogP contribution is -2.35. The van der Waals surface area contributed by atoms with Gasteiger partial charge in [0.15, 0.2) is 9.84 Å². The Labute approximate surface area is 169 Å². The molecule has 0 aliphatic carbocycles. The van der Waals surface area contributed by atoms with E-state index in [1.54, 1.807) is 17.0 Å². The van der Waals surface area contributed by atoms with Crippen LogP contribution in [0.4, 0.5) is 10.1 Å². The average Bonchev–Trinajstić information content (AvgIpc) is 2.87. The monoisotopic (exact) mass is 446 g/mol. The molecule has 0 unspecified atom stereocenters. The summed E-state index contributed by atoms with van der Waals surface area (Å²) in [6.07, 6.45) is 1.52. The van der Waals surface area contributed by atoms with Gasteiger partial charge in [0.1, 0.15) is 10.7 Å². The van der Waals surface area contributed by atoms with E-state index < -0.39 is 25.7 Å². The maximum atomic E-state index is 14.5. The Kier molecular flexibility index (Phi) is 6.00. The molecule has 2 aromatic carbocycles. The smallest absolute Gasteiger partial charge is 0.244 e. The van der Waals surface area contributed by atoms with Gasteiger partial charge in [-0.1, -0.05) is 23.7 Å². The quantitative estimate of drug-likeness (QED) is 0.722. The van der Waals surface area contributed by atoms with E-state index >= 15 is 0 Å². The predicted octanol–water partition coefficient (Wildman–Crippen LogP) is 2.78. The molecular weight excluding hydrogens is 427 g/mol. The normalized spacial score (nSPS) is 16.8. The lowest BCUT2D eigenvalue weighted by atomic mass is 10.2. The van der Waals surface area contributed by atoms with E-state index in [2.05, 4.69) is 0 Å². The third kappa shape index (κ3) is 4.32. The predicted molar refractivity (Wildman–Crippen MR) is 107 cm³/mol. The zero-order valence-electron chi connectivity index (χ0n) is 15.2. The van der Waals surface area contributed by atoms with E-state index in [0.717, 1.165) is 12.3 Å². The Morgan fingerprint density at radius 1 is 0.964 bits per heavy atom. The van der Waals surface area contributed by atoms with Crippen molar-refractivity contribution < 1.29 is 21.2 Å². The van der Waals surface area contributed by atoms with Crippen molar-refractivity contribution in [2.45, 2.75) is 16.2 Å². The molecule has 0 amide bonds.